The van der Waals surface area contributed by atoms with Crippen LogP contribution in [0.15, 0.2) is 121 Å². The molecule has 3 nitrogen and oxygen atoms in total. The van der Waals surface area contributed by atoms with Gasteiger partial charge in [-0.15, -0.1) is 0 Å². The minimum atomic E-state index is -6.00. The Labute approximate surface area is 265 Å². The fraction of sp³-hybridized carbons (Fsp3) is 0.333. The zero-order valence-electron chi connectivity index (χ0n) is 25.9. The largest absolute Gasteiger partial charge is 0.673 e. The zero-order chi connectivity index (χ0) is 32.1. The average molecular weight is 641 g/mol. The van der Waals surface area contributed by atoms with E-state index in [2.05, 4.69) is 128 Å². The summed E-state index contributed by atoms with van der Waals surface area (Å²) in [5.41, 5.74) is 1.21. The monoisotopic (exact) mass is 640 g/mol. The van der Waals surface area contributed by atoms with E-state index in [0.717, 1.165) is 32.3 Å². The van der Waals surface area contributed by atoms with Gasteiger partial charge in [0.05, 0.1) is 18.8 Å². The molecule has 0 radical (unpaired) electrons. The van der Waals surface area contributed by atoms with E-state index in [9.17, 15) is 17.3 Å². The second kappa shape index (κ2) is 17.0. The van der Waals surface area contributed by atoms with E-state index in [0.29, 0.717) is 12.5 Å². The summed E-state index contributed by atoms with van der Waals surface area (Å²) in [6.07, 6.45) is 4.20. The van der Waals surface area contributed by atoms with Crippen molar-refractivity contribution in [2.75, 3.05) is 13.7 Å². The second-order valence-corrected chi connectivity index (χ2v) is 14.8. The Morgan fingerprint density at radius 1 is 0.711 bits per heavy atom. The number of ether oxygens (including phenoxy) is 3. The van der Waals surface area contributed by atoms with Crippen molar-refractivity contribution in [1.82, 2.24) is 0 Å². The van der Waals surface area contributed by atoms with Gasteiger partial charge < -0.3 is 31.5 Å². The third-order valence-corrected chi connectivity index (χ3v) is 12.8. The number of hydrogen-bond donors (Lipinski definition) is 0. The van der Waals surface area contributed by atoms with Gasteiger partial charge in [-0.3, -0.25) is 0 Å². The molecular weight excluding hydrogens is 598 g/mol. The highest BCUT2D eigenvalue weighted by Gasteiger charge is 2.57. The van der Waals surface area contributed by atoms with Gasteiger partial charge in [0.1, 0.15) is 23.2 Å². The number of methoxy groups -OCH3 is 1. The van der Waals surface area contributed by atoms with Gasteiger partial charge in [0.15, 0.2) is 5.85 Å². The Balaban J connectivity index is 0.000000854. The van der Waals surface area contributed by atoms with Crippen LogP contribution in [0.3, 0.4) is 0 Å². The maximum absolute atomic E-state index is 9.75. The summed E-state index contributed by atoms with van der Waals surface area (Å²) in [6.45, 7) is 3.72. The lowest BCUT2D eigenvalue weighted by molar-refractivity contribution is -0.131. The molecule has 0 saturated carbocycles. The molecule has 4 atom stereocenters. The Kier molecular flexibility index (Phi) is 13.2. The molecule has 1 fully saturated rings. The molecule has 240 valence electrons. The molecule has 0 aliphatic carbocycles. The van der Waals surface area contributed by atoms with Gasteiger partial charge in [-0.2, -0.15) is 0 Å². The van der Waals surface area contributed by atoms with Crippen LogP contribution in [0.4, 0.5) is 17.3 Å². The molecule has 5 rings (SSSR count). The first-order valence-electron chi connectivity index (χ1n) is 15.5. The van der Waals surface area contributed by atoms with Crippen LogP contribution in [0.2, 0.25) is 0 Å². The summed E-state index contributed by atoms with van der Waals surface area (Å²) in [5.74, 6) is 0.302. The highest BCUT2D eigenvalue weighted by atomic mass is 31.2. The first-order chi connectivity index (χ1) is 21.7. The molecule has 1 heterocycles. The first-order valence-corrected chi connectivity index (χ1v) is 17.3. The van der Waals surface area contributed by atoms with Crippen LogP contribution >= 0.6 is 7.26 Å². The number of rotatable bonds is 12. The maximum Gasteiger partial charge on any atom is 0.673 e. The standard InChI is InChI=1S/C36H42O3P.BF4/c1-29-34(25-15-16-26-37-2)39-36(27-35(29)38-28-30-17-7-3-8-18-30)40(31-19-9-4-10-20-31,32-21-11-5-12-22-32)33-23-13-6-14-24-33;2-1(3,4)5/h3-14,17-24,29,34-36H,15-16,25-28H2,1-2H3;/q+1;-1/t29-,34+,35-,36?;/m0./s1. The fourth-order valence-corrected chi connectivity index (χ4v) is 10.8. The quantitative estimate of drug-likeness (QED) is 0.0674. The molecule has 0 bridgehead atoms. The number of unbranched alkanes of at least 4 members (excludes halogenated alkanes) is 1. The van der Waals surface area contributed by atoms with Crippen LogP contribution in [0, 0.1) is 5.92 Å². The Morgan fingerprint density at radius 3 is 1.60 bits per heavy atom. The molecule has 1 unspecified atom stereocenters. The Hall–Kier alpha value is -3.03. The number of benzene rings is 4. The molecular formula is C36H42BF4O3P. The van der Waals surface area contributed by atoms with E-state index in [1.54, 1.807) is 7.11 Å². The number of hydrogen-bond acceptors (Lipinski definition) is 3. The van der Waals surface area contributed by atoms with Crippen LogP contribution in [0.1, 0.15) is 38.2 Å². The van der Waals surface area contributed by atoms with Crippen LogP contribution in [-0.2, 0) is 20.8 Å². The van der Waals surface area contributed by atoms with Gasteiger partial charge in [0.25, 0.3) is 0 Å². The molecule has 0 spiro atoms. The molecule has 4 aromatic carbocycles. The summed E-state index contributed by atoms with van der Waals surface area (Å²) in [5, 5.41) is 4.06. The molecule has 9 heteroatoms. The van der Waals surface area contributed by atoms with Gasteiger partial charge in [0, 0.05) is 26.1 Å². The third-order valence-electron chi connectivity index (χ3n) is 8.26. The molecule has 45 heavy (non-hydrogen) atoms. The van der Waals surface area contributed by atoms with E-state index in [-0.39, 0.29) is 18.1 Å². The van der Waals surface area contributed by atoms with Crippen molar-refractivity contribution in [3.63, 3.8) is 0 Å². The minimum absolute atomic E-state index is 0.00379. The van der Waals surface area contributed by atoms with Crippen molar-refractivity contribution < 1.29 is 31.5 Å². The van der Waals surface area contributed by atoms with Crippen LogP contribution in [0.25, 0.3) is 0 Å². The van der Waals surface area contributed by atoms with Crippen molar-refractivity contribution in [2.45, 2.75) is 57.3 Å². The maximum atomic E-state index is 9.75. The third kappa shape index (κ3) is 9.73. The fourth-order valence-electron chi connectivity index (χ4n) is 6.14. The van der Waals surface area contributed by atoms with Gasteiger partial charge in [-0.05, 0) is 61.2 Å². The lowest BCUT2D eigenvalue weighted by Gasteiger charge is -2.44. The first kappa shape index (κ1) is 34.8. The molecule has 1 saturated heterocycles. The molecule has 0 amide bonds. The molecule has 1 aliphatic heterocycles. The van der Waals surface area contributed by atoms with Crippen molar-refractivity contribution >= 4 is 30.4 Å². The van der Waals surface area contributed by atoms with E-state index in [1.165, 1.54) is 21.5 Å². The Morgan fingerprint density at radius 2 is 1.16 bits per heavy atom. The minimum Gasteiger partial charge on any atom is -0.418 e. The summed E-state index contributed by atoms with van der Waals surface area (Å²) < 4.78 is 58.5. The molecule has 4 aromatic rings. The van der Waals surface area contributed by atoms with E-state index in [1.807, 2.05) is 0 Å². The predicted octanol–water partition coefficient (Wildman–Crippen LogP) is 8.43. The van der Waals surface area contributed by atoms with E-state index < -0.39 is 14.5 Å². The van der Waals surface area contributed by atoms with Gasteiger partial charge in [-0.1, -0.05) is 91.9 Å². The van der Waals surface area contributed by atoms with Gasteiger partial charge >= 0.3 is 7.25 Å². The lowest BCUT2D eigenvalue weighted by atomic mass is 9.90. The topological polar surface area (TPSA) is 27.7 Å². The van der Waals surface area contributed by atoms with E-state index in [4.69, 9.17) is 14.2 Å². The summed E-state index contributed by atoms with van der Waals surface area (Å²) in [4.78, 5) is 0. The van der Waals surface area contributed by atoms with Crippen LogP contribution < -0.4 is 15.9 Å². The Bertz CT molecular complexity index is 1280. The van der Waals surface area contributed by atoms with Crippen molar-refractivity contribution in [3.05, 3.63) is 127 Å². The molecule has 0 N–H and O–H groups in total. The van der Waals surface area contributed by atoms with Gasteiger partial charge in [-0.25, -0.2) is 0 Å². The number of halogens is 4. The van der Waals surface area contributed by atoms with Crippen LogP contribution in [-0.4, -0.2) is 39.0 Å². The van der Waals surface area contributed by atoms with Crippen molar-refractivity contribution in [1.29, 1.82) is 0 Å². The molecule has 0 aromatic heterocycles. The normalized spacial score (nSPS) is 20.2. The molecule has 1 aliphatic rings. The van der Waals surface area contributed by atoms with Crippen molar-refractivity contribution in [2.24, 2.45) is 5.92 Å². The highest BCUT2D eigenvalue weighted by Crippen LogP contribution is 2.63. The summed E-state index contributed by atoms with van der Waals surface area (Å²) >= 11 is 0. The van der Waals surface area contributed by atoms with Crippen LogP contribution in [0.5, 0.6) is 0 Å². The van der Waals surface area contributed by atoms with Gasteiger partial charge in [0.2, 0.25) is 0 Å². The summed E-state index contributed by atoms with van der Waals surface area (Å²) in [6, 6.07) is 43.8. The SMILES string of the molecule is COCCCC[C@H]1OC([P+](c2ccccc2)(c2ccccc2)c2ccccc2)C[C@H](OCc2ccccc2)[C@H]1C.F[B-](F)(F)F. The van der Waals surface area contributed by atoms with Crippen molar-refractivity contribution in [3.8, 4) is 0 Å². The second-order valence-electron chi connectivity index (χ2n) is 11.3. The summed E-state index contributed by atoms with van der Waals surface area (Å²) in [7, 11) is -6.42. The average Bonchev–Trinajstić information content (AvgIpc) is 3.05. The smallest absolute Gasteiger partial charge is 0.418 e. The van der Waals surface area contributed by atoms with E-state index >= 15 is 0 Å². The lowest BCUT2D eigenvalue weighted by Crippen LogP contribution is -2.50. The zero-order valence-corrected chi connectivity index (χ0v) is 26.8. The highest BCUT2D eigenvalue weighted by molar-refractivity contribution is 7.96. The predicted molar refractivity (Wildman–Crippen MR) is 179 cm³/mol.